The Labute approximate surface area is 153 Å². The molecule has 0 aliphatic rings. The van der Waals surface area contributed by atoms with E-state index in [0.717, 1.165) is 15.4 Å². The molecule has 0 fully saturated rings. The molecule has 0 aliphatic carbocycles. The Morgan fingerprint density at radius 3 is 2.36 bits per heavy atom. The number of carbonyl (C=O) groups is 1. The summed E-state index contributed by atoms with van der Waals surface area (Å²) in [5, 5.41) is 3.28. The van der Waals surface area contributed by atoms with E-state index in [2.05, 4.69) is 5.32 Å². The van der Waals surface area contributed by atoms with Crippen LogP contribution in [-0.4, -0.2) is 32.2 Å². The molecule has 5 nitrogen and oxygen atoms in total. The highest BCUT2D eigenvalue weighted by Gasteiger charge is 2.23. The van der Waals surface area contributed by atoms with Gasteiger partial charge in [-0.25, -0.2) is 8.42 Å². The van der Waals surface area contributed by atoms with E-state index in [1.807, 2.05) is 38.1 Å². The van der Waals surface area contributed by atoms with Gasteiger partial charge in [-0.3, -0.25) is 4.79 Å². The molecule has 0 bridgehead atoms. The Bertz CT molecular complexity index is 851. The monoisotopic (exact) mass is 380 g/mol. The van der Waals surface area contributed by atoms with Gasteiger partial charge in [-0.15, -0.1) is 0 Å². The van der Waals surface area contributed by atoms with E-state index in [1.54, 1.807) is 0 Å². The molecule has 1 amide bonds. The summed E-state index contributed by atoms with van der Waals surface area (Å²) >= 11 is 5.78. The topological polar surface area (TPSA) is 66.5 Å². The molecule has 0 spiro atoms. The van der Waals surface area contributed by atoms with Crippen molar-refractivity contribution in [3.63, 3.8) is 0 Å². The molecule has 2 aromatic carbocycles. The SMILES string of the molecule is Cc1ccccc1[C@@H](C)NC(=O)CN(C)S(=O)(=O)c1ccc(Cl)cc1. The van der Waals surface area contributed by atoms with Crippen LogP contribution in [0.1, 0.15) is 24.1 Å². The first kappa shape index (κ1) is 19.4. The highest BCUT2D eigenvalue weighted by atomic mass is 35.5. The zero-order valence-electron chi connectivity index (χ0n) is 14.4. The van der Waals surface area contributed by atoms with Gasteiger partial charge in [-0.2, -0.15) is 4.31 Å². The number of likely N-dealkylation sites (N-methyl/N-ethyl adjacent to an activating group) is 1. The fraction of sp³-hybridized carbons (Fsp3) is 0.278. The van der Waals surface area contributed by atoms with Crippen molar-refractivity contribution in [3.05, 3.63) is 64.7 Å². The number of hydrogen-bond acceptors (Lipinski definition) is 3. The Hall–Kier alpha value is -1.89. The number of benzene rings is 2. The van der Waals surface area contributed by atoms with E-state index in [1.165, 1.54) is 31.3 Å². The lowest BCUT2D eigenvalue weighted by atomic mass is 10.0. The lowest BCUT2D eigenvalue weighted by Crippen LogP contribution is -2.39. The average Bonchev–Trinajstić information content (AvgIpc) is 2.55. The van der Waals surface area contributed by atoms with Crippen LogP contribution in [0, 0.1) is 6.92 Å². The second-order valence-electron chi connectivity index (χ2n) is 5.86. The number of halogens is 1. The molecule has 0 aromatic heterocycles. The number of aryl methyl sites for hydroxylation is 1. The molecule has 0 unspecified atom stereocenters. The van der Waals surface area contributed by atoms with Crippen molar-refractivity contribution in [1.82, 2.24) is 9.62 Å². The summed E-state index contributed by atoms with van der Waals surface area (Å²) in [5.41, 5.74) is 2.07. The second-order valence-corrected chi connectivity index (χ2v) is 8.34. The number of nitrogens with zero attached hydrogens (tertiary/aromatic N) is 1. The maximum Gasteiger partial charge on any atom is 0.243 e. The van der Waals surface area contributed by atoms with Gasteiger partial charge in [0.1, 0.15) is 0 Å². The van der Waals surface area contributed by atoms with Crippen LogP contribution in [0.5, 0.6) is 0 Å². The molecule has 134 valence electrons. The number of rotatable bonds is 6. The van der Waals surface area contributed by atoms with Gasteiger partial charge in [-0.05, 0) is 49.2 Å². The van der Waals surface area contributed by atoms with Crippen molar-refractivity contribution in [2.75, 3.05) is 13.6 Å². The largest absolute Gasteiger partial charge is 0.348 e. The molecular weight excluding hydrogens is 360 g/mol. The molecule has 7 heteroatoms. The summed E-state index contributed by atoms with van der Waals surface area (Å²) in [6.07, 6.45) is 0. The van der Waals surface area contributed by atoms with Crippen LogP contribution in [0.2, 0.25) is 5.02 Å². The van der Waals surface area contributed by atoms with E-state index < -0.39 is 10.0 Å². The van der Waals surface area contributed by atoms with Crippen LogP contribution in [-0.2, 0) is 14.8 Å². The lowest BCUT2D eigenvalue weighted by Gasteiger charge is -2.20. The Morgan fingerprint density at radius 1 is 1.16 bits per heavy atom. The third-order valence-corrected chi connectivity index (χ3v) is 5.99. The molecule has 0 radical (unpaired) electrons. The van der Waals surface area contributed by atoms with E-state index in [0.29, 0.717) is 5.02 Å². The van der Waals surface area contributed by atoms with Crippen molar-refractivity contribution in [3.8, 4) is 0 Å². The summed E-state index contributed by atoms with van der Waals surface area (Å²) in [6.45, 7) is 3.57. The van der Waals surface area contributed by atoms with Crippen LogP contribution in [0.25, 0.3) is 0 Å². The predicted molar refractivity (Wildman–Crippen MR) is 99.0 cm³/mol. The van der Waals surface area contributed by atoms with Crippen molar-refractivity contribution in [2.24, 2.45) is 0 Å². The third kappa shape index (κ3) is 4.81. The number of nitrogens with one attached hydrogen (secondary N) is 1. The minimum atomic E-state index is -3.75. The smallest absolute Gasteiger partial charge is 0.243 e. The lowest BCUT2D eigenvalue weighted by molar-refractivity contribution is -0.121. The highest BCUT2D eigenvalue weighted by Crippen LogP contribution is 2.18. The molecule has 2 aromatic rings. The first-order valence-corrected chi connectivity index (χ1v) is 9.60. The minimum Gasteiger partial charge on any atom is -0.348 e. The summed E-state index contributed by atoms with van der Waals surface area (Å²) in [5.74, 6) is -0.365. The fourth-order valence-corrected chi connectivity index (χ4v) is 3.76. The van der Waals surface area contributed by atoms with E-state index in [9.17, 15) is 13.2 Å². The molecule has 1 atom stereocenters. The Kier molecular flexibility index (Phi) is 6.21. The molecule has 0 aliphatic heterocycles. The van der Waals surface area contributed by atoms with Crippen molar-refractivity contribution < 1.29 is 13.2 Å². The van der Waals surface area contributed by atoms with Gasteiger partial charge in [0.15, 0.2) is 0 Å². The number of amides is 1. The van der Waals surface area contributed by atoms with Crippen LogP contribution in [0.3, 0.4) is 0 Å². The van der Waals surface area contributed by atoms with E-state index in [-0.39, 0.29) is 23.4 Å². The molecule has 2 rings (SSSR count). The van der Waals surface area contributed by atoms with Crippen LogP contribution >= 0.6 is 11.6 Å². The van der Waals surface area contributed by atoms with Gasteiger partial charge >= 0.3 is 0 Å². The van der Waals surface area contributed by atoms with Crippen molar-refractivity contribution in [2.45, 2.75) is 24.8 Å². The summed E-state index contributed by atoms with van der Waals surface area (Å²) in [7, 11) is -2.37. The molecule has 1 N–H and O–H groups in total. The van der Waals surface area contributed by atoms with Crippen molar-refractivity contribution in [1.29, 1.82) is 0 Å². The van der Waals surface area contributed by atoms with Gasteiger partial charge in [0.2, 0.25) is 15.9 Å². The molecule has 25 heavy (non-hydrogen) atoms. The average molecular weight is 381 g/mol. The van der Waals surface area contributed by atoms with Crippen molar-refractivity contribution >= 4 is 27.5 Å². The molecular formula is C18H21ClN2O3S. The third-order valence-electron chi connectivity index (χ3n) is 3.92. The number of hydrogen-bond donors (Lipinski definition) is 1. The normalized spacial score (nSPS) is 12.8. The summed E-state index contributed by atoms with van der Waals surface area (Å²) in [6, 6.07) is 13.4. The maximum absolute atomic E-state index is 12.5. The standard InChI is InChI=1S/C18H21ClN2O3S/c1-13-6-4-5-7-17(13)14(2)20-18(22)12-21(3)25(23,24)16-10-8-15(19)9-11-16/h4-11,14H,12H2,1-3H3,(H,20,22)/t14-/m1/s1. The van der Waals surface area contributed by atoms with E-state index >= 15 is 0 Å². The summed E-state index contributed by atoms with van der Waals surface area (Å²) < 4.78 is 26.0. The maximum atomic E-state index is 12.5. The first-order chi connectivity index (χ1) is 11.7. The zero-order chi connectivity index (χ0) is 18.6. The van der Waals surface area contributed by atoms with Crippen LogP contribution in [0.4, 0.5) is 0 Å². The van der Waals surface area contributed by atoms with Gasteiger partial charge in [0.25, 0.3) is 0 Å². The highest BCUT2D eigenvalue weighted by molar-refractivity contribution is 7.89. The second kappa shape index (κ2) is 7.99. The molecule has 0 saturated carbocycles. The van der Waals surface area contributed by atoms with Crippen LogP contribution < -0.4 is 5.32 Å². The van der Waals surface area contributed by atoms with Crippen LogP contribution in [0.15, 0.2) is 53.4 Å². The predicted octanol–water partition coefficient (Wildman–Crippen LogP) is 3.15. The first-order valence-electron chi connectivity index (χ1n) is 7.78. The van der Waals surface area contributed by atoms with E-state index in [4.69, 9.17) is 11.6 Å². The van der Waals surface area contributed by atoms with Gasteiger partial charge in [-0.1, -0.05) is 35.9 Å². The van der Waals surface area contributed by atoms with Gasteiger partial charge < -0.3 is 5.32 Å². The number of carbonyl (C=O) groups excluding carboxylic acids is 1. The minimum absolute atomic E-state index is 0.0964. The van der Waals surface area contributed by atoms with Gasteiger partial charge in [0, 0.05) is 12.1 Å². The summed E-state index contributed by atoms with van der Waals surface area (Å²) in [4.78, 5) is 12.3. The molecule has 0 heterocycles. The Morgan fingerprint density at radius 2 is 1.76 bits per heavy atom. The number of sulfonamides is 1. The molecule has 0 saturated heterocycles. The Balaban J connectivity index is 2.04. The zero-order valence-corrected chi connectivity index (χ0v) is 15.9. The fourth-order valence-electron chi connectivity index (χ4n) is 2.51. The quantitative estimate of drug-likeness (QED) is 0.837. The van der Waals surface area contributed by atoms with Gasteiger partial charge in [0.05, 0.1) is 17.5 Å².